The van der Waals surface area contributed by atoms with Crippen LogP contribution in [0.15, 0.2) is 27.8 Å². The van der Waals surface area contributed by atoms with Gasteiger partial charge in [-0.2, -0.15) is 0 Å². The van der Waals surface area contributed by atoms with E-state index in [1.165, 1.54) is 11.6 Å². The molecule has 0 atom stereocenters. The molecular formula is C18H22Cl2N4O3. The molecule has 2 aromatic rings. The highest BCUT2D eigenvalue weighted by Crippen LogP contribution is 2.26. The van der Waals surface area contributed by atoms with Crippen LogP contribution in [0.4, 0.5) is 5.82 Å². The quantitative estimate of drug-likeness (QED) is 0.703. The first-order valence-electron chi connectivity index (χ1n) is 8.42. The van der Waals surface area contributed by atoms with Crippen LogP contribution < -0.4 is 17.0 Å². The molecule has 0 fully saturated rings. The maximum Gasteiger partial charge on any atom is 0.332 e. The number of nitrogens with zero attached hydrogens (tertiary/aromatic N) is 3. The number of carbonyl (C=O) groups excluding carboxylic acids is 1. The summed E-state index contributed by atoms with van der Waals surface area (Å²) in [4.78, 5) is 39.1. The zero-order valence-corrected chi connectivity index (χ0v) is 17.0. The van der Waals surface area contributed by atoms with Crippen molar-refractivity contribution in [2.24, 2.45) is 7.05 Å². The Hall–Kier alpha value is -2.09. The van der Waals surface area contributed by atoms with Crippen LogP contribution in [0.3, 0.4) is 0 Å². The fraction of sp³-hybridized carbons (Fsp3) is 0.389. The lowest BCUT2D eigenvalue weighted by Gasteiger charge is -2.18. The highest BCUT2D eigenvalue weighted by atomic mass is 35.5. The topological polar surface area (TPSA) is 90.3 Å². The van der Waals surface area contributed by atoms with Gasteiger partial charge < -0.3 is 5.73 Å². The van der Waals surface area contributed by atoms with E-state index in [9.17, 15) is 14.4 Å². The van der Waals surface area contributed by atoms with E-state index in [4.69, 9.17) is 28.9 Å². The first-order valence-corrected chi connectivity index (χ1v) is 9.18. The minimum Gasteiger partial charge on any atom is -0.384 e. The molecule has 0 radical (unpaired) electrons. The Kier molecular flexibility index (Phi) is 6.86. The number of anilines is 1. The monoisotopic (exact) mass is 412 g/mol. The molecular weight excluding hydrogens is 391 g/mol. The molecule has 0 aliphatic rings. The van der Waals surface area contributed by atoms with Gasteiger partial charge in [0.05, 0.1) is 16.6 Å². The largest absolute Gasteiger partial charge is 0.384 e. The third-order valence-corrected chi connectivity index (χ3v) is 5.05. The van der Waals surface area contributed by atoms with Crippen LogP contribution in [0.5, 0.6) is 0 Å². The van der Waals surface area contributed by atoms with E-state index in [1.807, 2.05) is 13.0 Å². The zero-order chi connectivity index (χ0) is 20.3. The number of aromatic nitrogens is 2. The molecule has 1 heterocycles. The summed E-state index contributed by atoms with van der Waals surface area (Å²) < 4.78 is 2.16. The third kappa shape index (κ3) is 4.43. The molecule has 27 heavy (non-hydrogen) atoms. The second kappa shape index (κ2) is 8.73. The molecule has 0 saturated carbocycles. The van der Waals surface area contributed by atoms with Gasteiger partial charge in [0.1, 0.15) is 11.4 Å². The van der Waals surface area contributed by atoms with Crippen LogP contribution in [-0.4, -0.2) is 33.4 Å². The van der Waals surface area contributed by atoms with Crippen molar-refractivity contribution in [3.63, 3.8) is 0 Å². The normalized spacial score (nSPS) is 11.2. The number of nitrogens with two attached hydrogens (primary N) is 1. The summed E-state index contributed by atoms with van der Waals surface area (Å²) >= 11 is 12.2. The van der Waals surface area contributed by atoms with E-state index in [0.717, 1.165) is 10.1 Å². The second-order valence-electron chi connectivity index (χ2n) is 6.37. The number of halogens is 2. The molecule has 7 nitrogen and oxygen atoms in total. The number of hydrogen-bond donors (Lipinski definition) is 1. The molecule has 2 N–H and O–H groups in total. The molecule has 9 heteroatoms. The van der Waals surface area contributed by atoms with E-state index in [2.05, 4.69) is 0 Å². The predicted molar refractivity (Wildman–Crippen MR) is 108 cm³/mol. The average Bonchev–Trinajstić information content (AvgIpc) is 2.61. The lowest BCUT2D eigenvalue weighted by Crippen LogP contribution is -2.43. The third-order valence-electron chi connectivity index (χ3n) is 4.19. The molecule has 0 aliphatic carbocycles. The Bertz CT molecular complexity index is 982. The van der Waals surface area contributed by atoms with Crippen LogP contribution in [0, 0.1) is 0 Å². The van der Waals surface area contributed by atoms with Crippen molar-refractivity contribution in [2.75, 3.05) is 19.3 Å². The van der Waals surface area contributed by atoms with Crippen LogP contribution in [0.1, 0.15) is 29.3 Å². The number of nitrogen functional groups attached to an aromatic ring is 1. The molecule has 0 bridgehead atoms. The van der Waals surface area contributed by atoms with Gasteiger partial charge in [0, 0.05) is 20.1 Å². The summed E-state index contributed by atoms with van der Waals surface area (Å²) in [5.74, 6) is -0.553. The second-order valence-corrected chi connectivity index (χ2v) is 7.15. The molecule has 0 aliphatic heterocycles. The first-order chi connectivity index (χ1) is 12.7. The van der Waals surface area contributed by atoms with Gasteiger partial charge in [-0.05, 0) is 25.1 Å². The lowest BCUT2D eigenvalue weighted by atomic mass is 10.1. The number of likely N-dealkylation sites (N-methyl/N-ethyl adjacent to an activating group) is 1. The van der Waals surface area contributed by atoms with Crippen molar-refractivity contribution in [3.8, 4) is 0 Å². The van der Waals surface area contributed by atoms with Gasteiger partial charge >= 0.3 is 5.69 Å². The first kappa shape index (κ1) is 21.2. The van der Waals surface area contributed by atoms with Crippen LogP contribution in [-0.2, 0) is 20.1 Å². The molecule has 0 spiro atoms. The molecule has 0 saturated heterocycles. The van der Waals surface area contributed by atoms with Crippen molar-refractivity contribution in [1.82, 2.24) is 14.0 Å². The maximum absolute atomic E-state index is 12.7. The lowest BCUT2D eigenvalue weighted by molar-refractivity contribution is 0.0941. The van der Waals surface area contributed by atoms with Crippen molar-refractivity contribution < 1.29 is 4.79 Å². The molecule has 146 valence electrons. The summed E-state index contributed by atoms with van der Waals surface area (Å²) in [6.07, 6.45) is 0.642. The van der Waals surface area contributed by atoms with Gasteiger partial charge in [-0.25, -0.2) is 4.79 Å². The zero-order valence-electron chi connectivity index (χ0n) is 15.5. The van der Waals surface area contributed by atoms with E-state index in [-0.39, 0.29) is 17.9 Å². The predicted octanol–water partition coefficient (Wildman–Crippen LogP) is 2.16. The van der Waals surface area contributed by atoms with E-state index in [0.29, 0.717) is 29.6 Å². The molecule has 1 aromatic carbocycles. The van der Waals surface area contributed by atoms with Crippen LogP contribution >= 0.6 is 23.2 Å². The molecule has 0 amide bonds. The molecule has 0 unspecified atom stereocenters. The number of benzene rings is 1. The Labute approximate surface area is 166 Å². The van der Waals surface area contributed by atoms with Gasteiger partial charge in [-0.15, -0.1) is 0 Å². The average molecular weight is 413 g/mol. The number of hydrogen-bond acceptors (Lipinski definition) is 5. The van der Waals surface area contributed by atoms with Gasteiger partial charge in [0.25, 0.3) is 5.56 Å². The standard InChI is InChI=1S/C18H22Cl2N4O3/c1-4-8-24-16(21)14(17(26)23(3)18(24)27)13(25)10-22(2)9-11-6-5-7-12(19)15(11)20/h5-7H,4,8-10,21H2,1-3H3. The summed E-state index contributed by atoms with van der Waals surface area (Å²) in [5.41, 5.74) is 5.35. The fourth-order valence-corrected chi connectivity index (χ4v) is 3.21. The van der Waals surface area contributed by atoms with Crippen molar-refractivity contribution in [2.45, 2.75) is 26.4 Å². The van der Waals surface area contributed by atoms with Gasteiger partial charge in [0.15, 0.2) is 5.78 Å². The molecule has 1 aromatic heterocycles. The van der Waals surface area contributed by atoms with Crippen LogP contribution in [0.2, 0.25) is 10.0 Å². The molecule has 2 rings (SSSR count). The minimum atomic E-state index is -0.691. The van der Waals surface area contributed by atoms with E-state index >= 15 is 0 Å². The number of rotatable bonds is 7. The minimum absolute atomic E-state index is 0.0629. The van der Waals surface area contributed by atoms with Crippen LogP contribution in [0.25, 0.3) is 0 Å². The smallest absolute Gasteiger partial charge is 0.332 e. The van der Waals surface area contributed by atoms with Gasteiger partial charge in [0.2, 0.25) is 0 Å². The van der Waals surface area contributed by atoms with E-state index < -0.39 is 17.0 Å². The highest BCUT2D eigenvalue weighted by molar-refractivity contribution is 6.42. The van der Waals surface area contributed by atoms with Gasteiger partial charge in [-0.3, -0.25) is 23.6 Å². The Morgan fingerprint density at radius 3 is 2.56 bits per heavy atom. The summed E-state index contributed by atoms with van der Waals surface area (Å²) in [7, 11) is 3.06. The SMILES string of the molecule is CCCn1c(N)c(C(=O)CN(C)Cc2cccc(Cl)c2Cl)c(=O)n(C)c1=O. The summed E-state index contributed by atoms with van der Waals surface area (Å²) in [6.45, 7) is 2.50. The highest BCUT2D eigenvalue weighted by Gasteiger charge is 2.22. The Morgan fingerprint density at radius 2 is 1.93 bits per heavy atom. The maximum atomic E-state index is 12.7. The summed E-state index contributed by atoms with van der Waals surface area (Å²) in [6, 6.07) is 5.26. The number of carbonyl (C=O) groups is 1. The summed E-state index contributed by atoms with van der Waals surface area (Å²) in [5, 5.41) is 0.851. The van der Waals surface area contributed by atoms with Crippen molar-refractivity contribution in [3.05, 3.63) is 60.2 Å². The number of ketones is 1. The fourth-order valence-electron chi connectivity index (χ4n) is 2.83. The van der Waals surface area contributed by atoms with E-state index in [1.54, 1.807) is 24.1 Å². The van der Waals surface area contributed by atoms with Crippen molar-refractivity contribution in [1.29, 1.82) is 0 Å². The van der Waals surface area contributed by atoms with Crippen molar-refractivity contribution >= 4 is 34.8 Å². The number of Topliss-reactive ketones (excluding diaryl/α,β-unsaturated/α-hetero) is 1. The Morgan fingerprint density at radius 1 is 1.26 bits per heavy atom. The van der Waals surface area contributed by atoms with Gasteiger partial charge in [-0.1, -0.05) is 42.3 Å². The Balaban J connectivity index is 2.31.